The maximum atomic E-state index is 13.2. The van der Waals surface area contributed by atoms with Gasteiger partial charge in [-0.15, -0.1) is 0 Å². The molecule has 3 amide bonds. The maximum Gasteiger partial charge on any atom is 0.257 e. The number of nitrogens with zero attached hydrogens (tertiary/aromatic N) is 2. The summed E-state index contributed by atoms with van der Waals surface area (Å²) in [6.45, 7) is 2.19. The van der Waals surface area contributed by atoms with Crippen LogP contribution in [-0.2, 0) is 20.8 Å². The van der Waals surface area contributed by atoms with Crippen molar-refractivity contribution in [3.63, 3.8) is 0 Å². The van der Waals surface area contributed by atoms with Gasteiger partial charge in [-0.05, 0) is 54.8 Å². The van der Waals surface area contributed by atoms with E-state index in [9.17, 15) is 18.8 Å². The molecule has 1 aliphatic rings. The Morgan fingerprint density at radius 3 is 2.59 bits per heavy atom. The van der Waals surface area contributed by atoms with E-state index in [0.717, 1.165) is 10.5 Å². The highest BCUT2D eigenvalue weighted by atomic mass is 35.5. The third-order valence-corrected chi connectivity index (χ3v) is 5.13. The predicted molar refractivity (Wildman–Crippen MR) is 109 cm³/mol. The number of carbonyl (C=O) groups is 3. The molecule has 7 heteroatoms. The number of hydrogen-bond donors (Lipinski definition) is 0. The number of imide groups is 1. The van der Waals surface area contributed by atoms with E-state index in [-0.39, 0.29) is 12.3 Å². The zero-order chi connectivity index (χ0) is 21.0. The van der Waals surface area contributed by atoms with E-state index in [0.29, 0.717) is 36.5 Å². The average Bonchev–Trinajstić information content (AvgIpc) is 2.97. The Labute approximate surface area is 174 Å². The minimum Gasteiger partial charge on any atom is -0.330 e. The highest BCUT2D eigenvalue weighted by Crippen LogP contribution is 2.27. The number of hydrogen-bond acceptors (Lipinski definition) is 3. The zero-order valence-corrected chi connectivity index (χ0v) is 16.9. The van der Waals surface area contributed by atoms with Gasteiger partial charge in [-0.2, -0.15) is 0 Å². The Morgan fingerprint density at radius 2 is 1.93 bits per heavy atom. The molecule has 1 unspecified atom stereocenters. The summed E-state index contributed by atoms with van der Waals surface area (Å²) in [6, 6.07) is 11.6. The number of anilines is 1. The fraction of sp³-hybridized carbons (Fsp3) is 0.318. The van der Waals surface area contributed by atoms with Crippen molar-refractivity contribution < 1.29 is 18.8 Å². The largest absolute Gasteiger partial charge is 0.330 e. The number of benzene rings is 2. The van der Waals surface area contributed by atoms with E-state index in [1.807, 2.05) is 25.1 Å². The fourth-order valence-corrected chi connectivity index (χ4v) is 3.69. The maximum absolute atomic E-state index is 13.2. The Morgan fingerprint density at radius 1 is 1.21 bits per heavy atom. The lowest BCUT2D eigenvalue weighted by atomic mass is 10.1. The number of amides is 3. The van der Waals surface area contributed by atoms with Crippen molar-refractivity contribution in [3.8, 4) is 0 Å². The second kappa shape index (κ2) is 9.18. The molecule has 1 aliphatic heterocycles. The summed E-state index contributed by atoms with van der Waals surface area (Å²) in [5.41, 5.74) is 1.25. The van der Waals surface area contributed by atoms with Crippen LogP contribution in [0.3, 0.4) is 0 Å². The van der Waals surface area contributed by atoms with Crippen molar-refractivity contribution in [3.05, 3.63) is 64.9 Å². The summed E-state index contributed by atoms with van der Waals surface area (Å²) in [4.78, 5) is 40.8. The molecule has 1 heterocycles. The zero-order valence-electron chi connectivity index (χ0n) is 16.1. The van der Waals surface area contributed by atoms with E-state index >= 15 is 0 Å². The van der Waals surface area contributed by atoms with Crippen molar-refractivity contribution in [2.75, 3.05) is 11.4 Å². The van der Waals surface area contributed by atoms with Crippen molar-refractivity contribution in [1.29, 1.82) is 0 Å². The lowest BCUT2D eigenvalue weighted by molar-refractivity contribution is -0.138. The normalized spacial score (nSPS) is 16.4. The second-order valence-electron chi connectivity index (χ2n) is 6.98. The molecule has 1 saturated heterocycles. The first-order chi connectivity index (χ1) is 13.9. The van der Waals surface area contributed by atoms with Crippen LogP contribution in [0, 0.1) is 5.82 Å². The highest BCUT2D eigenvalue weighted by Gasteiger charge is 2.44. The molecule has 0 saturated carbocycles. The third kappa shape index (κ3) is 4.82. The Kier molecular flexibility index (Phi) is 6.64. The van der Waals surface area contributed by atoms with Crippen LogP contribution in [0.5, 0.6) is 0 Å². The molecule has 0 N–H and O–H groups in total. The first kappa shape index (κ1) is 21.0. The van der Waals surface area contributed by atoms with Gasteiger partial charge in [-0.25, -0.2) is 9.29 Å². The van der Waals surface area contributed by atoms with E-state index < -0.39 is 23.7 Å². The van der Waals surface area contributed by atoms with Crippen LogP contribution >= 0.6 is 11.6 Å². The monoisotopic (exact) mass is 416 g/mol. The van der Waals surface area contributed by atoms with Crippen LogP contribution in [0.25, 0.3) is 0 Å². The van der Waals surface area contributed by atoms with E-state index in [4.69, 9.17) is 11.6 Å². The summed E-state index contributed by atoms with van der Waals surface area (Å²) in [5, 5.41) is 0.601. The van der Waals surface area contributed by atoms with Gasteiger partial charge in [0.25, 0.3) is 5.91 Å². The van der Waals surface area contributed by atoms with Gasteiger partial charge in [0, 0.05) is 18.0 Å². The standard InChI is InChI=1S/C22H22ClFN2O3/c1-2-4-20(27)25(12-11-15-5-3-6-16(23)13-15)19-14-21(28)26(22(19)29)18-9-7-17(24)8-10-18/h3,5-10,13,19H,2,4,11-12,14H2,1H3. The van der Waals surface area contributed by atoms with Crippen molar-refractivity contribution in [2.24, 2.45) is 0 Å². The van der Waals surface area contributed by atoms with Gasteiger partial charge >= 0.3 is 0 Å². The Balaban J connectivity index is 1.81. The molecule has 0 spiro atoms. The van der Waals surface area contributed by atoms with Crippen LogP contribution in [0.15, 0.2) is 48.5 Å². The quantitative estimate of drug-likeness (QED) is 0.641. The van der Waals surface area contributed by atoms with Crippen LogP contribution < -0.4 is 4.90 Å². The number of rotatable bonds is 7. The minimum absolute atomic E-state index is 0.0821. The Bertz CT molecular complexity index is 917. The first-order valence-corrected chi connectivity index (χ1v) is 9.94. The van der Waals surface area contributed by atoms with Crippen molar-refractivity contribution in [2.45, 2.75) is 38.6 Å². The molecule has 1 fully saturated rings. The summed E-state index contributed by atoms with van der Waals surface area (Å²) in [5.74, 6) is -1.48. The van der Waals surface area contributed by atoms with Gasteiger partial charge in [0.1, 0.15) is 11.9 Å². The molecule has 29 heavy (non-hydrogen) atoms. The molecule has 0 radical (unpaired) electrons. The SMILES string of the molecule is CCCC(=O)N(CCc1cccc(Cl)c1)C1CC(=O)N(c2ccc(F)cc2)C1=O. The number of carbonyl (C=O) groups excluding carboxylic acids is 3. The molecule has 3 rings (SSSR count). The molecule has 152 valence electrons. The van der Waals surface area contributed by atoms with Gasteiger partial charge in [-0.3, -0.25) is 14.4 Å². The molecule has 0 aromatic heterocycles. The molecule has 2 aromatic rings. The molecule has 2 aromatic carbocycles. The van der Waals surface area contributed by atoms with Gasteiger partial charge in [-0.1, -0.05) is 30.7 Å². The summed E-state index contributed by atoms with van der Waals surface area (Å²) in [6.07, 6.45) is 1.37. The molecular formula is C22H22ClFN2O3. The van der Waals surface area contributed by atoms with Gasteiger partial charge in [0.15, 0.2) is 0 Å². The molecule has 0 bridgehead atoms. The van der Waals surface area contributed by atoms with Gasteiger partial charge < -0.3 is 4.90 Å². The fourth-order valence-electron chi connectivity index (χ4n) is 3.47. The summed E-state index contributed by atoms with van der Waals surface area (Å²) < 4.78 is 13.2. The van der Waals surface area contributed by atoms with Crippen LogP contribution in [-0.4, -0.2) is 35.2 Å². The highest BCUT2D eigenvalue weighted by molar-refractivity contribution is 6.30. The summed E-state index contributed by atoms with van der Waals surface area (Å²) in [7, 11) is 0. The topological polar surface area (TPSA) is 57.7 Å². The lowest BCUT2D eigenvalue weighted by Crippen LogP contribution is -2.46. The van der Waals surface area contributed by atoms with Gasteiger partial charge in [0.2, 0.25) is 11.8 Å². The first-order valence-electron chi connectivity index (χ1n) is 9.57. The van der Waals surface area contributed by atoms with Crippen molar-refractivity contribution >= 4 is 35.0 Å². The molecular weight excluding hydrogens is 395 g/mol. The third-order valence-electron chi connectivity index (χ3n) is 4.90. The molecule has 5 nitrogen and oxygen atoms in total. The Hall–Kier alpha value is -2.73. The molecule has 0 aliphatic carbocycles. The summed E-state index contributed by atoms with van der Waals surface area (Å²) >= 11 is 6.03. The predicted octanol–water partition coefficient (Wildman–Crippen LogP) is 3.98. The van der Waals surface area contributed by atoms with Gasteiger partial charge in [0.05, 0.1) is 12.1 Å². The van der Waals surface area contributed by atoms with Crippen molar-refractivity contribution in [1.82, 2.24) is 4.90 Å². The van der Waals surface area contributed by atoms with E-state index in [1.54, 1.807) is 6.07 Å². The van der Waals surface area contributed by atoms with Crippen LogP contribution in [0.4, 0.5) is 10.1 Å². The van der Waals surface area contributed by atoms with Crippen LogP contribution in [0.1, 0.15) is 31.7 Å². The van der Waals surface area contributed by atoms with Crippen LogP contribution in [0.2, 0.25) is 5.02 Å². The average molecular weight is 417 g/mol. The van der Waals surface area contributed by atoms with E-state index in [2.05, 4.69) is 0 Å². The minimum atomic E-state index is -0.856. The molecule has 1 atom stereocenters. The smallest absolute Gasteiger partial charge is 0.257 e. The number of halogens is 2. The second-order valence-corrected chi connectivity index (χ2v) is 7.42. The lowest BCUT2D eigenvalue weighted by Gasteiger charge is -2.28. The van der Waals surface area contributed by atoms with E-state index in [1.165, 1.54) is 29.2 Å².